The Morgan fingerprint density at radius 2 is 1.77 bits per heavy atom. The molecule has 18 heteroatoms. The Morgan fingerprint density at radius 1 is 1.04 bits per heavy atom. The van der Waals surface area contributed by atoms with Gasteiger partial charge in [0.1, 0.15) is 27.9 Å². The minimum atomic E-state index is -4.95. The normalized spacial score (nSPS) is 20.9. The molecule has 1 unspecified atom stereocenters. The van der Waals surface area contributed by atoms with E-state index in [1.807, 2.05) is 0 Å². The molecule has 53 heavy (non-hydrogen) atoms. The molecular weight excluding hydrogens is 772 g/mol. The van der Waals surface area contributed by atoms with Crippen LogP contribution in [0, 0.1) is 0 Å². The summed E-state index contributed by atoms with van der Waals surface area (Å²) < 4.78 is 114. The average molecular weight is 808 g/mol. The second-order valence-electron chi connectivity index (χ2n) is 13.2. The summed E-state index contributed by atoms with van der Waals surface area (Å²) in [5.74, 6) is -3.51. The number of amides is 2. The van der Waals surface area contributed by atoms with Gasteiger partial charge in [-0.15, -0.1) is 11.3 Å². The van der Waals surface area contributed by atoms with Gasteiger partial charge in [-0.05, 0) is 61.1 Å². The van der Waals surface area contributed by atoms with E-state index in [0.717, 1.165) is 40.4 Å². The number of piperidine rings is 1. The van der Waals surface area contributed by atoms with Crippen molar-refractivity contribution in [1.29, 1.82) is 0 Å². The summed E-state index contributed by atoms with van der Waals surface area (Å²) in [5.41, 5.74) is -2.93. The standard InChI is InChI=1S/C35H36ClF6N3O6S2/c1-3-6-28-33(51-24-18-29(52-19-24)35(40,41)42,13-5-15-45(28)31(47)30-26(34(37,38)39)7-4-14-43-30)32(48)44-16-12-21-17-22(36)8-10-25(21)27(44)11-9-23(46)20-53(2,49)50/h4,7-8,10,14,17-19,27-28H,3,5-6,9,11-13,15-16,20H2,1-2H3/t27?,28-,33+/m1/s1. The van der Waals surface area contributed by atoms with Gasteiger partial charge in [0.25, 0.3) is 11.8 Å². The first-order valence-electron chi connectivity index (χ1n) is 16.7. The number of fused-ring (bicyclic) bond motifs is 1. The van der Waals surface area contributed by atoms with Crippen LogP contribution in [0.3, 0.4) is 0 Å². The van der Waals surface area contributed by atoms with Gasteiger partial charge in [0.05, 0.1) is 17.6 Å². The topological polar surface area (TPSA) is 114 Å². The van der Waals surface area contributed by atoms with Crippen molar-refractivity contribution in [2.45, 2.75) is 81.9 Å². The number of Topliss-reactive ketones (excluding diaryl/α,β-unsaturated/α-hetero) is 1. The van der Waals surface area contributed by atoms with Crippen LogP contribution in [-0.2, 0) is 38.2 Å². The molecule has 0 N–H and O–H groups in total. The minimum Gasteiger partial charge on any atom is -0.474 e. The molecule has 1 fully saturated rings. The molecule has 5 rings (SSSR count). The largest absolute Gasteiger partial charge is 0.474 e. The maximum absolute atomic E-state index is 15.3. The Kier molecular flexibility index (Phi) is 11.9. The second-order valence-corrected chi connectivity index (χ2v) is 16.7. The minimum absolute atomic E-state index is 0.0134. The molecule has 2 amide bonds. The summed E-state index contributed by atoms with van der Waals surface area (Å²) in [6.07, 6.45) is -7.53. The number of hydrogen-bond acceptors (Lipinski definition) is 8. The molecule has 0 bridgehead atoms. The lowest BCUT2D eigenvalue weighted by molar-refractivity contribution is -0.162. The number of halogens is 7. The molecule has 0 saturated carbocycles. The number of pyridine rings is 1. The van der Waals surface area contributed by atoms with E-state index in [1.165, 1.54) is 4.90 Å². The number of carbonyl (C=O) groups is 3. The SMILES string of the molecule is CCC[C@H]1N(C(=O)c2ncccc2C(F)(F)F)CCC[C@@]1(Oc1csc(C(F)(F)F)c1)C(=O)N1CCc2cc(Cl)ccc2C1CCC(=O)CS(C)(=O)=O. The van der Waals surface area contributed by atoms with E-state index in [4.69, 9.17) is 16.3 Å². The molecule has 2 aromatic heterocycles. The Hall–Kier alpha value is -3.70. The van der Waals surface area contributed by atoms with Crippen molar-refractivity contribution < 1.29 is 53.9 Å². The van der Waals surface area contributed by atoms with Gasteiger partial charge in [-0.25, -0.2) is 8.42 Å². The number of hydrogen-bond donors (Lipinski definition) is 0. The number of thiophene rings is 1. The summed E-state index contributed by atoms with van der Waals surface area (Å²) in [6, 6.07) is 5.32. The summed E-state index contributed by atoms with van der Waals surface area (Å²) in [5, 5.41) is 1.49. The maximum Gasteiger partial charge on any atom is 0.425 e. The van der Waals surface area contributed by atoms with Gasteiger partial charge in [0, 0.05) is 54.9 Å². The number of sulfone groups is 1. The second kappa shape index (κ2) is 15.6. The van der Waals surface area contributed by atoms with Crippen molar-refractivity contribution in [2.24, 2.45) is 0 Å². The summed E-state index contributed by atoms with van der Waals surface area (Å²) >= 11 is 6.60. The molecule has 9 nitrogen and oxygen atoms in total. The van der Waals surface area contributed by atoms with E-state index in [1.54, 1.807) is 25.1 Å². The van der Waals surface area contributed by atoms with E-state index in [2.05, 4.69) is 4.98 Å². The van der Waals surface area contributed by atoms with E-state index < -0.39 is 79.4 Å². The third-order valence-corrected chi connectivity index (χ3v) is 11.4. The zero-order valence-corrected chi connectivity index (χ0v) is 31.0. The summed E-state index contributed by atoms with van der Waals surface area (Å²) in [4.78, 5) is 47.5. The number of benzene rings is 1. The van der Waals surface area contributed by atoms with Gasteiger partial charge in [-0.1, -0.05) is 31.0 Å². The summed E-state index contributed by atoms with van der Waals surface area (Å²) in [6.45, 7) is 1.64. The van der Waals surface area contributed by atoms with Crippen LogP contribution in [0.25, 0.3) is 0 Å². The van der Waals surface area contributed by atoms with Gasteiger partial charge in [0.2, 0.25) is 5.60 Å². The lowest BCUT2D eigenvalue weighted by atomic mass is 9.78. The first-order chi connectivity index (χ1) is 24.7. The van der Waals surface area contributed by atoms with Crippen LogP contribution in [0.15, 0.2) is 48.0 Å². The Labute approximate surface area is 311 Å². The lowest BCUT2D eigenvalue weighted by Crippen LogP contribution is -2.68. The van der Waals surface area contributed by atoms with Gasteiger partial charge < -0.3 is 14.5 Å². The van der Waals surface area contributed by atoms with Gasteiger partial charge >= 0.3 is 12.4 Å². The summed E-state index contributed by atoms with van der Waals surface area (Å²) in [7, 11) is -3.67. The van der Waals surface area contributed by atoms with Crippen LogP contribution < -0.4 is 4.74 Å². The number of ketones is 1. The number of aromatic nitrogens is 1. The number of carbonyl (C=O) groups excluding carboxylic acids is 3. The quantitative estimate of drug-likeness (QED) is 0.184. The first kappa shape index (κ1) is 40.5. The fourth-order valence-electron chi connectivity index (χ4n) is 7.22. The maximum atomic E-state index is 15.3. The molecule has 0 aliphatic carbocycles. The van der Waals surface area contributed by atoms with Crippen LogP contribution >= 0.6 is 22.9 Å². The fraction of sp³-hybridized carbons (Fsp3) is 0.486. The van der Waals surface area contributed by atoms with Gasteiger partial charge in [-0.2, -0.15) is 26.3 Å². The van der Waals surface area contributed by atoms with Crippen LogP contribution in [0.1, 0.15) is 83.5 Å². The molecule has 2 aliphatic rings. The molecule has 1 aromatic carbocycles. The van der Waals surface area contributed by atoms with Crippen molar-refractivity contribution in [3.05, 3.63) is 80.3 Å². The fourth-order valence-corrected chi connectivity index (χ4v) is 8.82. The smallest absolute Gasteiger partial charge is 0.425 e. The Bertz CT molecular complexity index is 1970. The molecule has 0 radical (unpaired) electrons. The first-order valence-corrected chi connectivity index (χ1v) is 20.0. The van der Waals surface area contributed by atoms with E-state index >= 15 is 4.79 Å². The van der Waals surface area contributed by atoms with Gasteiger partial charge in [-0.3, -0.25) is 19.4 Å². The zero-order chi connectivity index (χ0) is 38.9. The molecule has 3 aromatic rings. The van der Waals surface area contributed by atoms with Gasteiger partial charge in [0.15, 0.2) is 9.84 Å². The number of nitrogens with zero attached hydrogens (tertiary/aromatic N) is 3. The molecule has 4 heterocycles. The Morgan fingerprint density at radius 3 is 2.42 bits per heavy atom. The highest BCUT2D eigenvalue weighted by molar-refractivity contribution is 7.91. The van der Waals surface area contributed by atoms with E-state index in [9.17, 15) is 44.3 Å². The van der Waals surface area contributed by atoms with Crippen LogP contribution in [0.4, 0.5) is 26.3 Å². The molecule has 0 spiro atoms. The van der Waals surface area contributed by atoms with E-state index in [-0.39, 0.29) is 57.4 Å². The number of likely N-dealkylation sites (tertiary alicyclic amines) is 1. The average Bonchev–Trinajstić information content (AvgIpc) is 3.55. The third-order valence-electron chi connectivity index (χ3n) is 9.36. The highest BCUT2D eigenvalue weighted by atomic mass is 35.5. The molecule has 1 saturated heterocycles. The zero-order valence-electron chi connectivity index (χ0n) is 28.6. The van der Waals surface area contributed by atoms with Crippen LogP contribution in [0.2, 0.25) is 5.02 Å². The van der Waals surface area contributed by atoms with Crippen molar-refractivity contribution in [1.82, 2.24) is 14.8 Å². The van der Waals surface area contributed by atoms with Crippen LogP contribution in [-0.4, -0.2) is 77.5 Å². The lowest BCUT2D eigenvalue weighted by Gasteiger charge is -2.51. The van der Waals surface area contributed by atoms with E-state index in [0.29, 0.717) is 34.4 Å². The molecule has 2 aliphatic heterocycles. The number of ether oxygens (including phenoxy) is 1. The van der Waals surface area contributed by atoms with Crippen LogP contribution in [0.5, 0.6) is 5.75 Å². The predicted octanol–water partition coefficient (Wildman–Crippen LogP) is 7.58. The van der Waals surface area contributed by atoms with Crippen molar-refractivity contribution in [3.63, 3.8) is 0 Å². The van der Waals surface area contributed by atoms with Crippen molar-refractivity contribution in [3.8, 4) is 5.75 Å². The monoisotopic (exact) mass is 807 g/mol. The van der Waals surface area contributed by atoms with Crippen molar-refractivity contribution >= 4 is 50.4 Å². The molecule has 288 valence electrons. The molecule has 3 atom stereocenters. The molecular formula is C35H36ClF6N3O6S2. The Balaban J connectivity index is 1.63. The highest BCUT2D eigenvalue weighted by Gasteiger charge is 2.57. The number of alkyl halides is 6. The highest BCUT2D eigenvalue weighted by Crippen LogP contribution is 2.45. The number of rotatable bonds is 11. The predicted molar refractivity (Wildman–Crippen MR) is 184 cm³/mol. The third kappa shape index (κ3) is 8.99. The van der Waals surface area contributed by atoms with Crippen molar-refractivity contribution in [2.75, 3.05) is 25.1 Å².